The van der Waals surface area contributed by atoms with Crippen LogP contribution in [0, 0.1) is 0 Å². The lowest BCUT2D eigenvalue weighted by Gasteiger charge is -2.31. The fraction of sp³-hybridized carbons (Fsp3) is 0.300. The number of carbonyl (C=O) groups is 2. The third-order valence-corrected chi connectivity index (χ3v) is 6.81. The second-order valence-electron chi connectivity index (χ2n) is 6.66. The van der Waals surface area contributed by atoms with Crippen molar-refractivity contribution < 1.29 is 18.0 Å². The number of hydrogen-bond donors (Lipinski definition) is 1. The second-order valence-corrected chi connectivity index (χ2v) is 10.3. The van der Waals surface area contributed by atoms with Crippen LogP contribution in [0.2, 0.25) is 0 Å². The molecule has 1 atom stereocenters. The monoisotopic (exact) mass is 559 g/mol. The smallest absolute Gasteiger partial charge is 0.244 e. The number of nitrogens with zero attached hydrogens (tertiary/aromatic N) is 2. The summed E-state index contributed by atoms with van der Waals surface area (Å²) in [5.74, 6) is -0.831. The standard InChI is InChI=1S/C20H23Br2N3O4S/c1-14(20(27)23-2)24(12-15-8-10-16(21)11-9-15)19(26)13-25(30(3,28)29)18-7-5-4-6-17(18)22/h4-11,14H,12-13H2,1-3H3,(H,23,27)/t14-/m0/s1. The maximum Gasteiger partial charge on any atom is 0.244 e. The highest BCUT2D eigenvalue weighted by Crippen LogP contribution is 2.28. The van der Waals surface area contributed by atoms with E-state index >= 15 is 0 Å². The van der Waals surface area contributed by atoms with Gasteiger partial charge in [0.2, 0.25) is 21.8 Å². The molecule has 2 aromatic carbocycles. The van der Waals surface area contributed by atoms with Gasteiger partial charge in [-0.05, 0) is 52.7 Å². The number of rotatable bonds is 8. The average Bonchev–Trinajstić information content (AvgIpc) is 2.70. The molecule has 0 aliphatic carbocycles. The number of likely N-dealkylation sites (N-methyl/N-ethyl adjacent to an activating group) is 1. The summed E-state index contributed by atoms with van der Waals surface area (Å²) >= 11 is 6.71. The van der Waals surface area contributed by atoms with Gasteiger partial charge in [-0.15, -0.1) is 0 Å². The van der Waals surface area contributed by atoms with E-state index in [1.54, 1.807) is 31.2 Å². The first-order chi connectivity index (χ1) is 14.0. The Hall–Kier alpha value is -1.91. The van der Waals surface area contributed by atoms with Gasteiger partial charge in [0.25, 0.3) is 0 Å². The molecule has 0 aliphatic rings. The summed E-state index contributed by atoms with van der Waals surface area (Å²) in [6.45, 7) is 1.34. The third kappa shape index (κ3) is 6.29. The fourth-order valence-electron chi connectivity index (χ4n) is 2.83. The number of hydrogen-bond acceptors (Lipinski definition) is 4. The fourth-order valence-corrected chi connectivity index (χ4v) is 4.57. The summed E-state index contributed by atoms with van der Waals surface area (Å²) in [5.41, 5.74) is 1.17. The van der Waals surface area contributed by atoms with Crippen molar-refractivity contribution in [2.45, 2.75) is 19.5 Å². The van der Waals surface area contributed by atoms with E-state index in [0.29, 0.717) is 10.2 Å². The summed E-state index contributed by atoms with van der Waals surface area (Å²) in [4.78, 5) is 26.9. The van der Waals surface area contributed by atoms with Crippen molar-refractivity contribution in [3.05, 3.63) is 63.0 Å². The predicted molar refractivity (Wildman–Crippen MR) is 125 cm³/mol. The van der Waals surface area contributed by atoms with Crippen LogP contribution in [0.5, 0.6) is 0 Å². The highest BCUT2D eigenvalue weighted by molar-refractivity contribution is 9.10. The predicted octanol–water partition coefficient (Wildman–Crippen LogP) is 3.14. The molecule has 2 aromatic rings. The number of carbonyl (C=O) groups excluding carboxylic acids is 2. The van der Waals surface area contributed by atoms with Gasteiger partial charge in [-0.3, -0.25) is 13.9 Å². The van der Waals surface area contributed by atoms with Crippen LogP contribution in [0.3, 0.4) is 0 Å². The van der Waals surface area contributed by atoms with Crippen LogP contribution >= 0.6 is 31.9 Å². The Balaban J connectivity index is 2.38. The second kappa shape index (κ2) is 10.4. The first-order valence-electron chi connectivity index (χ1n) is 9.02. The Morgan fingerprint density at radius 2 is 1.67 bits per heavy atom. The summed E-state index contributed by atoms with van der Waals surface area (Å²) in [6, 6.07) is 13.3. The van der Waals surface area contributed by atoms with Gasteiger partial charge in [-0.25, -0.2) is 8.42 Å². The van der Waals surface area contributed by atoms with Crippen LogP contribution < -0.4 is 9.62 Å². The molecule has 2 amide bonds. The molecule has 7 nitrogen and oxygen atoms in total. The molecule has 1 N–H and O–H groups in total. The van der Waals surface area contributed by atoms with Crippen molar-refractivity contribution in [3.63, 3.8) is 0 Å². The molecule has 0 saturated heterocycles. The zero-order valence-electron chi connectivity index (χ0n) is 16.8. The molecule has 0 saturated carbocycles. The summed E-state index contributed by atoms with van der Waals surface area (Å²) in [7, 11) is -2.26. The Bertz CT molecular complexity index is 1010. The van der Waals surface area contributed by atoms with E-state index in [1.165, 1.54) is 11.9 Å². The van der Waals surface area contributed by atoms with Crippen LogP contribution in [-0.2, 0) is 26.2 Å². The van der Waals surface area contributed by atoms with Crippen LogP contribution in [0.25, 0.3) is 0 Å². The van der Waals surface area contributed by atoms with E-state index < -0.39 is 28.5 Å². The SMILES string of the molecule is CNC(=O)[C@H](C)N(Cc1ccc(Br)cc1)C(=O)CN(c1ccccc1Br)S(C)(=O)=O. The number of halogens is 2. The molecule has 0 spiro atoms. The molecule has 0 aromatic heterocycles. The molecule has 30 heavy (non-hydrogen) atoms. The molecule has 2 rings (SSSR count). The highest BCUT2D eigenvalue weighted by atomic mass is 79.9. The molecule has 0 fully saturated rings. The zero-order chi connectivity index (χ0) is 22.5. The Labute approximate surface area is 193 Å². The van der Waals surface area contributed by atoms with Crippen molar-refractivity contribution in [1.29, 1.82) is 0 Å². The number of amides is 2. The summed E-state index contributed by atoms with van der Waals surface area (Å²) in [6.07, 6.45) is 1.04. The maximum absolute atomic E-state index is 13.2. The maximum atomic E-state index is 13.2. The molecule has 0 aliphatic heterocycles. The van der Waals surface area contributed by atoms with Crippen molar-refractivity contribution in [2.75, 3.05) is 24.2 Å². The van der Waals surface area contributed by atoms with Gasteiger partial charge < -0.3 is 10.2 Å². The molecule has 162 valence electrons. The molecule has 0 radical (unpaired) electrons. The van der Waals surface area contributed by atoms with E-state index in [9.17, 15) is 18.0 Å². The van der Waals surface area contributed by atoms with Crippen molar-refractivity contribution >= 4 is 59.4 Å². The molecule has 0 bridgehead atoms. The lowest BCUT2D eigenvalue weighted by molar-refractivity contribution is -0.139. The van der Waals surface area contributed by atoms with E-state index in [4.69, 9.17) is 0 Å². The first kappa shape index (κ1) is 24.4. The van der Waals surface area contributed by atoms with Crippen molar-refractivity contribution in [2.24, 2.45) is 0 Å². The zero-order valence-corrected chi connectivity index (χ0v) is 20.8. The Morgan fingerprint density at radius 1 is 1.07 bits per heavy atom. The molecule has 0 heterocycles. The highest BCUT2D eigenvalue weighted by Gasteiger charge is 2.30. The number of para-hydroxylation sites is 1. The minimum atomic E-state index is -3.75. The van der Waals surface area contributed by atoms with Gasteiger partial charge in [0.05, 0.1) is 11.9 Å². The van der Waals surface area contributed by atoms with E-state index in [2.05, 4.69) is 37.2 Å². The van der Waals surface area contributed by atoms with Gasteiger partial charge >= 0.3 is 0 Å². The quantitative estimate of drug-likeness (QED) is 0.537. The molecule has 10 heteroatoms. The van der Waals surface area contributed by atoms with Gasteiger partial charge in [0.15, 0.2) is 0 Å². The first-order valence-corrected chi connectivity index (χ1v) is 12.5. The topological polar surface area (TPSA) is 86.8 Å². The van der Waals surface area contributed by atoms with Crippen LogP contribution in [-0.4, -0.2) is 51.0 Å². The summed E-state index contributed by atoms with van der Waals surface area (Å²) < 4.78 is 27.4. The number of benzene rings is 2. The lowest BCUT2D eigenvalue weighted by atomic mass is 10.1. The molecule has 0 unspecified atom stereocenters. The lowest BCUT2D eigenvalue weighted by Crippen LogP contribution is -2.50. The number of anilines is 1. The van der Waals surface area contributed by atoms with E-state index in [-0.39, 0.29) is 12.5 Å². The van der Waals surface area contributed by atoms with Gasteiger partial charge in [0.1, 0.15) is 12.6 Å². The van der Waals surface area contributed by atoms with Crippen LogP contribution in [0.15, 0.2) is 57.5 Å². The van der Waals surface area contributed by atoms with E-state index in [0.717, 1.165) is 20.6 Å². The number of nitrogens with one attached hydrogen (secondary N) is 1. The Kier molecular flexibility index (Phi) is 8.45. The van der Waals surface area contributed by atoms with Gasteiger partial charge in [0, 0.05) is 22.5 Å². The number of sulfonamides is 1. The van der Waals surface area contributed by atoms with E-state index in [1.807, 2.05) is 24.3 Å². The van der Waals surface area contributed by atoms with Crippen LogP contribution in [0.4, 0.5) is 5.69 Å². The minimum absolute atomic E-state index is 0.161. The minimum Gasteiger partial charge on any atom is -0.357 e. The van der Waals surface area contributed by atoms with Crippen molar-refractivity contribution in [1.82, 2.24) is 10.2 Å². The normalized spacial score (nSPS) is 12.2. The van der Waals surface area contributed by atoms with Gasteiger partial charge in [-0.2, -0.15) is 0 Å². The molecular formula is C20H23Br2N3O4S. The third-order valence-electron chi connectivity index (χ3n) is 4.48. The molecular weight excluding hydrogens is 538 g/mol. The van der Waals surface area contributed by atoms with Crippen LogP contribution in [0.1, 0.15) is 12.5 Å². The van der Waals surface area contributed by atoms with Crippen molar-refractivity contribution in [3.8, 4) is 0 Å². The Morgan fingerprint density at radius 3 is 2.20 bits per heavy atom. The average molecular weight is 561 g/mol. The summed E-state index contributed by atoms with van der Waals surface area (Å²) in [5, 5.41) is 2.54. The largest absolute Gasteiger partial charge is 0.357 e. The van der Waals surface area contributed by atoms with Gasteiger partial charge in [-0.1, -0.05) is 40.2 Å².